The maximum atomic E-state index is 10.7. The first-order valence-corrected chi connectivity index (χ1v) is 6.84. The van der Waals surface area contributed by atoms with Crippen molar-refractivity contribution < 1.29 is 9.90 Å². The molecule has 2 rings (SSSR count). The van der Waals surface area contributed by atoms with E-state index in [4.69, 9.17) is 10.1 Å². The van der Waals surface area contributed by atoms with Crippen LogP contribution in [0.15, 0.2) is 12.3 Å². The van der Waals surface area contributed by atoms with Crippen LogP contribution >= 0.6 is 0 Å². The SMILES string of the molecule is Cc1cnc2c(c1)nc(C(C)(C)C)n2CCCC(=O)O. The number of hydrogen-bond acceptors (Lipinski definition) is 3. The summed E-state index contributed by atoms with van der Waals surface area (Å²) in [5.74, 6) is 0.187. The minimum atomic E-state index is -0.768. The van der Waals surface area contributed by atoms with Crippen molar-refractivity contribution in [2.45, 2.75) is 52.5 Å². The highest BCUT2D eigenvalue weighted by Crippen LogP contribution is 2.26. The molecule has 108 valence electrons. The van der Waals surface area contributed by atoms with Gasteiger partial charge >= 0.3 is 5.97 Å². The fourth-order valence-corrected chi connectivity index (χ4v) is 2.28. The third-order valence-corrected chi connectivity index (χ3v) is 3.16. The van der Waals surface area contributed by atoms with Gasteiger partial charge in [0.15, 0.2) is 5.65 Å². The molecule has 0 fully saturated rings. The Morgan fingerprint density at radius 3 is 2.70 bits per heavy atom. The summed E-state index contributed by atoms with van der Waals surface area (Å²) < 4.78 is 2.05. The zero-order valence-electron chi connectivity index (χ0n) is 12.5. The number of carbonyl (C=O) groups is 1. The average molecular weight is 275 g/mol. The zero-order chi connectivity index (χ0) is 14.9. The first kappa shape index (κ1) is 14.5. The van der Waals surface area contributed by atoms with E-state index < -0.39 is 5.97 Å². The number of fused-ring (bicyclic) bond motifs is 1. The predicted octanol–water partition coefficient (Wildman–Crippen LogP) is 2.90. The number of rotatable bonds is 4. The maximum Gasteiger partial charge on any atom is 0.303 e. The second-order valence-electron chi connectivity index (χ2n) is 6.19. The molecule has 0 atom stereocenters. The molecule has 2 aromatic rings. The second-order valence-corrected chi connectivity index (χ2v) is 6.19. The molecule has 0 spiro atoms. The molecule has 2 heterocycles. The molecule has 0 aliphatic carbocycles. The maximum absolute atomic E-state index is 10.7. The third-order valence-electron chi connectivity index (χ3n) is 3.16. The van der Waals surface area contributed by atoms with Crippen molar-refractivity contribution in [2.75, 3.05) is 0 Å². The highest BCUT2D eigenvalue weighted by atomic mass is 16.4. The van der Waals surface area contributed by atoms with E-state index >= 15 is 0 Å². The highest BCUT2D eigenvalue weighted by Gasteiger charge is 2.23. The minimum Gasteiger partial charge on any atom is -0.481 e. The molecule has 0 radical (unpaired) electrons. The standard InChI is InChI=1S/C15H21N3O2/c1-10-8-11-13(16-9-10)18(7-5-6-12(19)20)14(17-11)15(2,3)4/h8-9H,5-7H2,1-4H3,(H,19,20). The van der Waals surface area contributed by atoms with E-state index in [-0.39, 0.29) is 11.8 Å². The molecule has 0 aliphatic rings. The Labute approximate surface area is 118 Å². The number of aliphatic carboxylic acids is 1. The van der Waals surface area contributed by atoms with Gasteiger partial charge in [-0.05, 0) is 25.0 Å². The molecule has 0 amide bonds. The Morgan fingerprint density at radius 1 is 1.40 bits per heavy atom. The Kier molecular flexibility index (Phi) is 3.79. The third kappa shape index (κ3) is 2.98. The van der Waals surface area contributed by atoms with Crippen LogP contribution < -0.4 is 0 Å². The fraction of sp³-hybridized carbons (Fsp3) is 0.533. The van der Waals surface area contributed by atoms with Gasteiger partial charge in [0.2, 0.25) is 0 Å². The molecule has 0 bridgehead atoms. The lowest BCUT2D eigenvalue weighted by Gasteiger charge is -2.19. The lowest BCUT2D eigenvalue weighted by atomic mass is 9.95. The Hall–Kier alpha value is -1.91. The lowest BCUT2D eigenvalue weighted by Crippen LogP contribution is -2.19. The molecule has 0 aromatic carbocycles. The summed E-state index contributed by atoms with van der Waals surface area (Å²) in [4.78, 5) is 19.8. The van der Waals surface area contributed by atoms with Crippen LogP contribution in [0, 0.1) is 6.92 Å². The number of pyridine rings is 1. The van der Waals surface area contributed by atoms with Gasteiger partial charge in [0, 0.05) is 24.6 Å². The van der Waals surface area contributed by atoms with Crippen LogP contribution in [-0.4, -0.2) is 25.6 Å². The molecule has 0 unspecified atom stereocenters. The molecule has 0 saturated carbocycles. The Morgan fingerprint density at radius 2 is 2.10 bits per heavy atom. The van der Waals surface area contributed by atoms with E-state index in [2.05, 4.69) is 30.3 Å². The topological polar surface area (TPSA) is 68.0 Å². The van der Waals surface area contributed by atoms with Gasteiger partial charge in [-0.2, -0.15) is 0 Å². The fourth-order valence-electron chi connectivity index (χ4n) is 2.28. The number of aryl methyl sites for hydroxylation is 2. The summed E-state index contributed by atoms with van der Waals surface area (Å²) in [7, 11) is 0. The molecular formula is C15H21N3O2. The van der Waals surface area contributed by atoms with Crippen LogP contribution in [0.1, 0.15) is 45.0 Å². The first-order chi connectivity index (χ1) is 9.29. The number of aromatic nitrogens is 3. The van der Waals surface area contributed by atoms with Crippen molar-refractivity contribution in [3.05, 3.63) is 23.7 Å². The van der Waals surface area contributed by atoms with Gasteiger partial charge in [-0.25, -0.2) is 9.97 Å². The van der Waals surface area contributed by atoms with Crippen LogP contribution in [0.5, 0.6) is 0 Å². The van der Waals surface area contributed by atoms with Gasteiger partial charge in [0.05, 0.1) is 0 Å². The van der Waals surface area contributed by atoms with E-state index in [1.54, 1.807) is 0 Å². The molecule has 5 nitrogen and oxygen atoms in total. The van der Waals surface area contributed by atoms with Gasteiger partial charge in [-0.15, -0.1) is 0 Å². The van der Waals surface area contributed by atoms with Crippen molar-refractivity contribution >= 4 is 17.1 Å². The molecule has 0 saturated heterocycles. The molecule has 5 heteroatoms. The Bertz CT molecular complexity index is 638. The highest BCUT2D eigenvalue weighted by molar-refractivity contribution is 5.72. The molecule has 0 aliphatic heterocycles. The van der Waals surface area contributed by atoms with Gasteiger partial charge in [0.25, 0.3) is 0 Å². The summed E-state index contributed by atoms with van der Waals surface area (Å²) in [5.41, 5.74) is 2.70. The van der Waals surface area contributed by atoms with Crippen LogP contribution in [-0.2, 0) is 16.8 Å². The van der Waals surface area contributed by atoms with E-state index in [0.29, 0.717) is 13.0 Å². The van der Waals surface area contributed by atoms with Crippen LogP contribution in [0.3, 0.4) is 0 Å². The Balaban J connectivity index is 2.45. The normalized spacial score (nSPS) is 12.0. The summed E-state index contributed by atoms with van der Waals surface area (Å²) in [6.45, 7) is 8.94. The summed E-state index contributed by atoms with van der Waals surface area (Å²) in [5, 5.41) is 8.78. The average Bonchev–Trinajstić information content (AvgIpc) is 2.66. The van der Waals surface area contributed by atoms with Crippen molar-refractivity contribution in [1.82, 2.24) is 14.5 Å². The molecular weight excluding hydrogens is 254 g/mol. The van der Waals surface area contributed by atoms with E-state index in [1.165, 1.54) is 0 Å². The molecule has 1 N–H and O–H groups in total. The minimum absolute atomic E-state index is 0.0994. The smallest absolute Gasteiger partial charge is 0.303 e. The number of carboxylic acid groups (broad SMARTS) is 1. The number of hydrogen-bond donors (Lipinski definition) is 1. The first-order valence-electron chi connectivity index (χ1n) is 6.84. The largest absolute Gasteiger partial charge is 0.481 e. The second kappa shape index (κ2) is 5.23. The van der Waals surface area contributed by atoms with Crippen molar-refractivity contribution in [1.29, 1.82) is 0 Å². The summed E-state index contributed by atoms with van der Waals surface area (Å²) >= 11 is 0. The number of carboxylic acids is 1. The van der Waals surface area contributed by atoms with Crippen molar-refractivity contribution in [2.24, 2.45) is 0 Å². The molecule has 2 aromatic heterocycles. The number of imidazole rings is 1. The van der Waals surface area contributed by atoms with Crippen LogP contribution in [0.2, 0.25) is 0 Å². The summed E-state index contributed by atoms with van der Waals surface area (Å²) in [6, 6.07) is 2.02. The predicted molar refractivity (Wildman–Crippen MR) is 77.8 cm³/mol. The lowest BCUT2D eigenvalue weighted by molar-refractivity contribution is -0.137. The van der Waals surface area contributed by atoms with Gasteiger partial charge in [0.1, 0.15) is 11.3 Å². The number of nitrogens with zero attached hydrogens (tertiary/aromatic N) is 3. The monoisotopic (exact) mass is 275 g/mol. The summed E-state index contributed by atoms with van der Waals surface area (Å²) in [6.07, 6.45) is 2.57. The van der Waals surface area contributed by atoms with Gasteiger partial charge in [-0.3, -0.25) is 4.79 Å². The molecule has 20 heavy (non-hydrogen) atoms. The van der Waals surface area contributed by atoms with E-state index in [1.807, 2.05) is 19.2 Å². The van der Waals surface area contributed by atoms with Crippen molar-refractivity contribution in [3.8, 4) is 0 Å². The van der Waals surface area contributed by atoms with Crippen LogP contribution in [0.25, 0.3) is 11.2 Å². The van der Waals surface area contributed by atoms with Crippen molar-refractivity contribution in [3.63, 3.8) is 0 Å². The van der Waals surface area contributed by atoms with E-state index in [9.17, 15) is 4.79 Å². The zero-order valence-corrected chi connectivity index (χ0v) is 12.5. The van der Waals surface area contributed by atoms with E-state index in [0.717, 1.165) is 22.6 Å². The van der Waals surface area contributed by atoms with Gasteiger partial charge < -0.3 is 9.67 Å². The van der Waals surface area contributed by atoms with Gasteiger partial charge in [-0.1, -0.05) is 20.8 Å². The quantitative estimate of drug-likeness (QED) is 0.931. The van der Waals surface area contributed by atoms with Crippen LogP contribution in [0.4, 0.5) is 0 Å².